The summed E-state index contributed by atoms with van der Waals surface area (Å²) in [6.45, 7) is 6.29. The Morgan fingerprint density at radius 2 is 1.56 bits per heavy atom. The SMILES string of the molecule is CCCSN(SCCC)C(=O)c1ccc(C)cc1. The minimum absolute atomic E-state index is 0.104. The summed E-state index contributed by atoms with van der Waals surface area (Å²) < 4.78 is 1.83. The lowest BCUT2D eigenvalue weighted by Crippen LogP contribution is -2.18. The largest absolute Gasteiger partial charge is 0.273 e. The van der Waals surface area contributed by atoms with E-state index in [-0.39, 0.29) is 5.91 Å². The maximum atomic E-state index is 12.4. The van der Waals surface area contributed by atoms with Crippen molar-refractivity contribution in [2.75, 3.05) is 11.5 Å². The van der Waals surface area contributed by atoms with Gasteiger partial charge >= 0.3 is 0 Å². The van der Waals surface area contributed by atoms with Gasteiger partial charge in [0.25, 0.3) is 5.91 Å². The lowest BCUT2D eigenvalue weighted by atomic mass is 10.1. The van der Waals surface area contributed by atoms with Crippen LogP contribution in [-0.2, 0) is 0 Å². The van der Waals surface area contributed by atoms with E-state index in [1.165, 1.54) is 5.56 Å². The maximum absolute atomic E-state index is 12.4. The van der Waals surface area contributed by atoms with Gasteiger partial charge in [-0.2, -0.15) is 0 Å². The van der Waals surface area contributed by atoms with Crippen LogP contribution in [0.25, 0.3) is 0 Å². The quantitative estimate of drug-likeness (QED) is 0.685. The summed E-state index contributed by atoms with van der Waals surface area (Å²) in [6.07, 6.45) is 2.16. The second-order valence-electron chi connectivity index (χ2n) is 4.09. The zero-order valence-corrected chi connectivity index (χ0v) is 12.9. The second-order valence-corrected chi connectivity index (χ2v) is 6.39. The van der Waals surface area contributed by atoms with Crippen LogP contribution in [-0.4, -0.2) is 21.1 Å². The van der Waals surface area contributed by atoms with Gasteiger partial charge in [-0.15, -0.1) is 0 Å². The Kier molecular flexibility index (Phi) is 7.28. The molecule has 0 aliphatic carbocycles. The van der Waals surface area contributed by atoms with E-state index in [9.17, 15) is 4.79 Å². The van der Waals surface area contributed by atoms with Gasteiger partial charge < -0.3 is 0 Å². The van der Waals surface area contributed by atoms with Crippen molar-refractivity contribution in [1.82, 2.24) is 3.71 Å². The van der Waals surface area contributed by atoms with E-state index in [2.05, 4.69) is 13.8 Å². The molecule has 1 aromatic carbocycles. The van der Waals surface area contributed by atoms with Gasteiger partial charge in [0, 0.05) is 17.1 Å². The number of carbonyl (C=O) groups excluding carboxylic acids is 1. The summed E-state index contributed by atoms with van der Waals surface area (Å²) in [5.74, 6) is 2.06. The van der Waals surface area contributed by atoms with Gasteiger partial charge in [-0.25, -0.2) is 3.71 Å². The molecule has 0 unspecified atom stereocenters. The van der Waals surface area contributed by atoms with Crippen molar-refractivity contribution in [2.45, 2.75) is 33.6 Å². The van der Waals surface area contributed by atoms with Crippen molar-refractivity contribution in [3.8, 4) is 0 Å². The van der Waals surface area contributed by atoms with Crippen molar-refractivity contribution in [3.63, 3.8) is 0 Å². The third kappa shape index (κ3) is 4.94. The fraction of sp³-hybridized carbons (Fsp3) is 0.500. The van der Waals surface area contributed by atoms with Gasteiger partial charge in [0.05, 0.1) is 0 Å². The lowest BCUT2D eigenvalue weighted by Gasteiger charge is -2.19. The molecule has 1 rings (SSSR count). The van der Waals surface area contributed by atoms with Gasteiger partial charge in [0.15, 0.2) is 0 Å². The van der Waals surface area contributed by atoms with E-state index >= 15 is 0 Å². The summed E-state index contributed by atoms with van der Waals surface area (Å²) in [7, 11) is 0. The molecule has 0 atom stereocenters. The summed E-state index contributed by atoms with van der Waals surface area (Å²) in [6, 6.07) is 7.79. The molecule has 0 bridgehead atoms. The molecule has 0 aromatic heterocycles. The van der Waals surface area contributed by atoms with Crippen molar-refractivity contribution in [1.29, 1.82) is 0 Å². The first-order valence-electron chi connectivity index (χ1n) is 6.36. The van der Waals surface area contributed by atoms with Gasteiger partial charge in [0.2, 0.25) is 0 Å². The van der Waals surface area contributed by atoms with Crippen molar-refractivity contribution < 1.29 is 4.79 Å². The molecule has 0 aliphatic heterocycles. The average molecular weight is 283 g/mol. The predicted molar refractivity (Wildman–Crippen MR) is 82.8 cm³/mol. The molecule has 2 nitrogen and oxygen atoms in total. The number of benzene rings is 1. The normalized spacial score (nSPS) is 10.4. The summed E-state index contributed by atoms with van der Waals surface area (Å²) in [5.41, 5.74) is 1.95. The molecular formula is C14H21NOS2. The molecule has 0 N–H and O–H groups in total. The number of carbonyl (C=O) groups is 1. The second kappa shape index (κ2) is 8.48. The van der Waals surface area contributed by atoms with Crippen LogP contribution in [0.4, 0.5) is 0 Å². The number of rotatable bonds is 7. The Morgan fingerprint density at radius 3 is 2.00 bits per heavy atom. The number of nitrogens with zero attached hydrogens (tertiary/aromatic N) is 1. The van der Waals surface area contributed by atoms with Crippen LogP contribution < -0.4 is 0 Å². The smallest absolute Gasteiger partial charge is 0.267 e. The highest BCUT2D eigenvalue weighted by Gasteiger charge is 2.16. The van der Waals surface area contributed by atoms with E-state index in [4.69, 9.17) is 0 Å². The Bertz CT molecular complexity index is 357. The Hall–Kier alpha value is -0.610. The van der Waals surface area contributed by atoms with Crippen LogP contribution in [0.15, 0.2) is 24.3 Å². The zero-order chi connectivity index (χ0) is 13.4. The highest BCUT2D eigenvalue weighted by molar-refractivity contribution is 8.12. The van der Waals surface area contributed by atoms with E-state index in [1.807, 2.05) is 34.9 Å². The zero-order valence-electron chi connectivity index (χ0n) is 11.3. The molecule has 0 saturated carbocycles. The molecule has 0 fully saturated rings. The standard InChI is InChI=1S/C14H21NOS2/c1-4-10-17-15(18-11-5-2)14(16)13-8-6-12(3)7-9-13/h6-9H,4-5,10-11H2,1-3H3. The average Bonchev–Trinajstić information content (AvgIpc) is 2.39. The summed E-state index contributed by atoms with van der Waals surface area (Å²) in [5, 5.41) is 0. The molecule has 18 heavy (non-hydrogen) atoms. The van der Waals surface area contributed by atoms with E-state index in [0.29, 0.717) is 0 Å². The van der Waals surface area contributed by atoms with Gasteiger partial charge in [-0.1, -0.05) is 31.5 Å². The van der Waals surface area contributed by atoms with E-state index in [0.717, 1.165) is 29.9 Å². The molecule has 0 aliphatic rings. The van der Waals surface area contributed by atoms with Gasteiger partial charge in [-0.3, -0.25) is 4.79 Å². The summed E-state index contributed by atoms with van der Waals surface area (Å²) in [4.78, 5) is 12.4. The molecule has 0 saturated heterocycles. The molecule has 4 heteroatoms. The van der Waals surface area contributed by atoms with Crippen molar-refractivity contribution in [3.05, 3.63) is 35.4 Å². The van der Waals surface area contributed by atoms with E-state index in [1.54, 1.807) is 23.9 Å². The van der Waals surface area contributed by atoms with E-state index < -0.39 is 0 Å². The fourth-order valence-corrected chi connectivity index (χ4v) is 3.19. The third-order valence-electron chi connectivity index (χ3n) is 2.29. The molecule has 0 spiro atoms. The van der Waals surface area contributed by atoms with Crippen LogP contribution >= 0.6 is 23.9 Å². The third-order valence-corrected chi connectivity index (χ3v) is 4.90. The highest BCUT2D eigenvalue weighted by Crippen LogP contribution is 2.26. The monoisotopic (exact) mass is 283 g/mol. The van der Waals surface area contributed by atoms with Crippen LogP contribution in [0.5, 0.6) is 0 Å². The molecule has 0 heterocycles. The molecule has 1 aromatic rings. The van der Waals surface area contributed by atoms with Gasteiger partial charge in [0.1, 0.15) is 0 Å². The minimum Gasteiger partial charge on any atom is -0.267 e. The lowest BCUT2D eigenvalue weighted by molar-refractivity contribution is 0.0934. The Morgan fingerprint density at radius 1 is 1.06 bits per heavy atom. The van der Waals surface area contributed by atoms with Crippen molar-refractivity contribution in [2.24, 2.45) is 0 Å². The first kappa shape index (κ1) is 15.4. The van der Waals surface area contributed by atoms with Crippen molar-refractivity contribution >= 4 is 29.8 Å². The maximum Gasteiger partial charge on any atom is 0.273 e. The number of amides is 1. The molecule has 100 valence electrons. The van der Waals surface area contributed by atoms with Crippen LogP contribution in [0, 0.1) is 6.92 Å². The minimum atomic E-state index is 0.104. The predicted octanol–water partition coefficient (Wildman–Crippen LogP) is 4.55. The van der Waals surface area contributed by atoms with Crippen LogP contribution in [0.3, 0.4) is 0 Å². The van der Waals surface area contributed by atoms with Crippen LogP contribution in [0.1, 0.15) is 42.6 Å². The fourth-order valence-electron chi connectivity index (χ4n) is 1.30. The topological polar surface area (TPSA) is 20.3 Å². The first-order valence-corrected chi connectivity index (χ1v) is 8.24. The number of aryl methyl sites for hydroxylation is 1. The molecule has 0 radical (unpaired) electrons. The van der Waals surface area contributed by atoms with Crippen LogP contribution in [0.2, 0.25) is 0 Å². The highest BCUT2D eigenvalue weighted by atomic mass is 32.2. The Balaban J connectivity index is 2.70. The number of hydrogen-bond acceptors (Lipinski definition) is 3. The Labute approximate surface area is 119 Å². The summed E-state index contributed by atoms with van der Waals surface area (Å²) >= 11 is 3.23. The first-order chi connectivity index (χ1) is 8.69. The molecular weight excluding hydrogens is 262 g/mol. The van der Waals surface area contributed by atoms with Gasteiger partial charge in [-0.05, 0) is 55.8 Å². The molecule has 1 amide bonds. The number of hydrogen-bond donors (Lipinski definition) is 0.